The largest absolute Gasteiger partial charge is 0.465 e. The molecule has 0 aliphatic rings. The van der Waals surface area contributed by atoms with Gasteiger partial charge in [0.2, 0.25) is 0 Å². The molecule has 0 aromatic carbocycles. The summed E-state index contributed by atoms with van der Waals surface area (Å²) in [5.74, 6) is -0.609. The van der Waals surface area contributed by atoms with E-state index in [9.17, 15) is 9.59 Å². The quantitative estimate of drug-likeness (QED) is 0.386. The van der Waals surface area contributed by atoms with Crippen LogP contribution in [0, 0.1) is 5.41 Å². The lowest BCUT2D eigenvalue weighted by molar-refractivity contribution is -0.159. The molecule has 0 N–H and O–H groups in total. The Balaban J connectivity index is 4.97. The van der Waals surface area contributed by atoms with Crippen LogP contribution in [0.4, 0.5) is 0 Å². The standard InChI is InChI=1S/C13H23NO3/c1-7-9-10(14(5)6)11(15)13(3,4)12(16)17-8-2/h7,10H,1,8-9H2,2-6H3. The number of carbonyl (C=O) groups is 2. The van der Waals surface area contributed by atoms with Crippen LogP contribution in [0.5, 0.6) is 0 Å². The number of hydrogen-bond donors (Lipinski definition) is 0. The highest BCUT2D eigenvalue weighted by molar-refractivity contribution is 6.05. The molecule has 0 rings (SSSR count). The van der Waals surface area contributed by atoms with Gasteiger partial charge in [-0.25, -0.2) is 0 Å². The van der Waals surface area contributed by atoms with Gasteiger partial charge < -0.3 is 4.74 Å². The maximum atomic E-state index is 12.3. The fourth-order valence-electron chi connectivity index (χ4n) is 1.54. The second kappa shape index (κ2) is 6.55. The molecule has 0 saturated heterocycles. The number of nitrogens with zero attached hydrogens (tertiary/aromatic N) is 1. The maximum absolute atomic E-state index is 12.3. The first-order chi connectivity index (χ1) is 7.78. The molecular weight excluding hydrogens is 218 g/mol. The van der Waals surface area contributed by atoms with E-state index in [1.54, 1.807) is 31.7 Å². The molecule has 0 amide bonds. The van der Waals surface area contributed by atoms with Crippen molar-refractivity contribution in [1.82, 2.24) is 4.90 Å². The van der Waals surface area contributed by atoms with Crippen molar-refractivity contribution in [2.24, 2.45) is 5.41 Å². The van der Waals surface area contributed by atoms with Crippen molar-refractivity contribution >= 4 is 11.8 Å². The smallest absolute Gasteiger partial charge is 0.319 e. The Kier molecular flexibility index (Phi) is 6.10. The SMILES string of the molecule is C=CCC(C(=O)C(C)(C)C(=O)OCC)N(C)C. The van der Waals surface area contributed by atoms with E-state index in [1.165, 1.54) is 0 Å². The van der Waals surface area contributed by atoms with E-state index in [1.807, 2.05) is 14.1 Å². The molecule has 98 valence electrons. The van der Waals surface area contributed by atoms with Crippen LogP contribution in [-0.2, 0) is 14.3 Å². The Morgan fingerprint density at radius 3 is 2.29 bits per heavy atom. The van der Waals surface area contributed by atoms with Gasteiger partial charge in [-0.1, -0.05) is 6.08 Å². The number of Topliss-reactive ketones (excluding diaryl/α,β-unsaturated/α-hetero) is 1. The first-order valence-corrected chi connectivity index (χ1v) is 5.77. The van der Waals surface area contributed by atoms with Crippen molar-refractivity contribution in [2.75, 3.05) is 20.7 Å². The summed E-state index contributed by atoms with van der Waals surface area (Å²) in [6.45, 7) is 8.85. The van der Waals surface area contributed by atoms with E-state index < -0.39 is 11.4 Å². The van der Waals surface area contributed by atoms with Crippen molar-refractivity contribution in [1.29, 1.82) is 0 Å². The van der Waals surface area contributed by atoms with Gasteiger partial charge in [0, 0.05) is 0 Å². The third kappa shape index (κ3) is 3.97. The minimum absolute atomic E-state index is 0.138. The maximum Gasteiger partial charge on any atom is 0.319 e. The molecule has 17 heavy (non-hydrogen) atoms. The summed E-state index contributed by atoms with van der Waals surface area (Å²) in [5, 5.41) is 0. The molecule has 0 aliphatic carbocycles. The van der Waals surface area contributed by atoms with Gasteiger partial charge in [0.15, 0.2) is 5.78 Å². The molecule has 4 heteroatoms. The molecule has 0 radical (unpaired) electrons. The molecule has 0 bridgehead atoms. The summed E-state index contributed by atoms with van der Waals surface area (Å²) >= 11 is 0. The molecular formula is C13H23NO3. The summed E-state index contributed by atoms with van der Waals surface area (Å²) in [4.78, 5) is 25.9. The van der Waals surface area contributed by atoms with Crippen LogP contribution in [0.15, 0.2) is 12.7 Å². The number of ether oxygens (including phenoxy) is 1. The van der Waals surface area contributed by atoms with Crippen LogP contribution in [0.1, 0.15) is 27.2 Å². The lowest BCUT2D eigenvalue weighted by Gasteiger charge is -2.29. The lowest BCUT2D eigenvalue weighted by atomic mass is 9.83. The third-order valence-electron chi connectivity index (χ3n) is 2.72. The van der Waals surface area contributed by atoms with Gasteiger partial charge in [0.25, 0.3) is 0 Å². The van der Waals surface area contributed by atoms with Gasteiger partial charge in [0.1, 0.15) is 5.41 Å². The third-order valence-corrected chi connectivity index (χ3v) is 2.72. The fourth-order valence-corrected chi connectivity index (χ4v) is 1.54. The highest BCUT2D eigenvalue weighted by Gasteiger charge is 2.41. The van der Waals surface area contributed by atoms with Crippen molar-refractivity contribution in [3.63, 3.8) is 0 Å². The number of rotatable bonds is 7. The highest BCUT2D eigenvalue weighted by atomic mass is 16.5. The predicted molar refractivity (Wildman–Crippen MR) is 67.7 cm³/mol. The Bertz CT molecular complexity index is 295. The number of hydrogen-bond acceptors (Lipinski definition) is 4. The van der Waals surface area contributed by atoms with Crippen LogP contribution >= 0.6 is 0 Å². The second-order valence-electron chi connectivity index (χ2n) is 4.71. The van der Waals surface area contributed by atoms with E-state index in [0.717, 1.165) is 0 Å². The van der Waals surface area contributed by atoms with Crippen LogP contribution in [0.2, 0.25) is 0 Å². The van der Waals surface area contributed by atoms with Crippen LogP contribution in [-0.4, -0.2) is 43.4 Å². The van der Waals surface area contributed by atoms with Crippen molar-refractivity contribution in [3.05, 3.63) is 12.7 Å². The summed E-state index contributed by atoms with van der Waals surface area (Å²) < 4.78 is 4.93. The minimum atomic E-state index is -1.12. The normalized spacial score (nSPS) is 13.3. The second-order valence-corrected chi connectivity index (χ2v) is 4.71. The number of esters is 1. The zero-order valence-corrected chi connectivity index (χ0v) is 11.4. The van der Waals surface area contributed by atoms with Crippen molar-refractivity contribution in [3.8, 4) is 0 Å². The molecule has 0 aromatic heterocycles. The Labute approximate surface area is 104 Å². The topological polar surface area (TPSA) is 46.6 Å². The fraction of sp³-hybridized carbons (Fsp3) is 0.692. The highest BCUT2D eigenvalue weighted by Crippen LogP contribution is 2.23. The Hall–Kier alpha value is -1.16. The van der Waals surface area contributed by atoms with Crippen molar-refractivity contribution in [2.45, 2.75) is 33.2 Å². The van der Waals surface area contributed by atoms with E-state index in [4.69, 9.17) is 4.74 Å². The average molecular weight is 241 g/mol. The first kappa shape index (κ1) is 15.8. The molecule has 0 saturated carbocycles. The van der Waals surface area contributed by atoms with E-state index in [0.29, 0.717) is 6.42 Å². The minimum Gasteiger partial charge on any atom is -0.465 e. The lowest BCUT2D eigenvalue weighted by Crippen LogP contribution is -2.47. The molecule has 1 atom stereocenters. The molecule has 4 nitrogen and oxygen atoms in total. The van der Waals surface area contributed by atoms with E-state index in [-0.39, 0.29) is 18.4 Å². The van der Waals surface area contributed by atoms with Gasteiger partial charge in [-0.05, 0) is 41.3 Å². The zero-order chi connectivity index (χ0) is 13.6. The van der Waals surface area contributed by atoms with Gasteiger partial charge in [-0.2, -0.15) is 0 Å². The zero-order valence-electron chi connectivity index (χ0n) is 11.4. The molecule has 0 spiro atoms. The molecule has 0 fully saturated rings. The van der Waals surface area contributed by atoms with E-state index in [2.05, 4.69) is 6.58 Å². The summed E-state index contributed by atoms with van der Waals surface area (Å²) in [6, 6.07) is -0.341. The summed E-state index contributed by atoms with van der Waals surface area (Å²) in [7, 11) is 3.63. The van der Waals surface area contributed by atoms with Gasteiger partial charge in [-0.3, -0.25) is 14.5 Å². The summed E-state index contributed by atoms with van der Waals surface area (Å²) in [6.07, 6.45) is 2.21. The monoisotopic (exact) mass is 241 g/mol. The Morgan fingerprint density at radius 1 is 1.41 bits per heavy atom. The summed E-state index contributed by atoms with van der Waals surface area (Å²) in [5.41, 5.74) is -1.12. The van der Waals surface area contributed by atoms with Gasteiger partial charge in [-0.15, -0.1) is 6.58 Å². The van der Waals surface area contributed by atoms with Crippen LogP contribution in [0.3, 0.4) is 0 Å². The number of carbonyl (C=O) groups excluding carboxylic acids is 2. The Morgan fingerprint density at radius 2 is 1.94 bits per heavy atom. The van der Waals surface area contributed by atoms with E-state index >= 15 is 0 Å². The van der Waals surface area contributed by atoms with Gasteiger partial charge in [0.05, 0.1) is 12.6 Å². The molecule has 1 unspecified atom stereocenters. The van der Waals surface area contributed by atoms with Gasteiger partial charge >= 0.3 is 5.97 Å². The average Bonchev–Trinajstić information content (AvgIpc) is 2.24. The molecule has 0 aromatic rings. The number of ketones is 1. The first-order valence-electron chi connectivity index (χ1n) is 5.77. The van der Waals surface area contributed by atoms with Crippen LogP contribution < -0.4 is 0 Å². The predicted octanol–water partition coefficient (Wildman–Crippen LogP) is 1.65. The van der Waals surface area contributed by atoms with Crippen LogP contribution in [0.25, 0.3) is 0 Å². The number of likely N-dealkylation sites (N-methyl/N-ethyl adjacent to an activating group) is 1. The molecule has 0 aliphatic heterocycles. The molecule has 0 heterocycles. The van der Waals surface area contributed by atoms with Crippen molar-refractivity contribution < 1.29 is 14.3 Å².